The Morgan fingerprint density at radius 1 is 0.176 bits per heavy atom. The molecule has 0 aliphatic rings. The molecule has 24 rings (SSSR count). The average molecular weight is 1650 g/mol. The van der Waals surface area contributed by atoms with Gasteiger partial charge in [0.2, 0.25) is 0 Å². The number of hydrogen-bond acceptors (Lipinski definition) is 4. The second kappa shape index (κ2) is 25.8. The normalized spacial score (nSPS) is 11.9. The number of halogens is 4. The van der Waals surface area contributed by atoms with Crippen molar-refractivity contribution >= 4 is 239 Å². The molecule has 8 aromatic heterocycles. The van der Waals surface area contributed by atoms with Crippen LogP contribution in [0.25, 0.3) is 198 Å². The highest BCUT2D eigenvalue weighted by molar-refractivity contribution is 9.11. The Morgan fingerprint density at radius 3 is 1.14 bits per heavy atom. The Morgan fingerprint density at radius 2 is 0.556 bits per heavy atom. The first-order valence-electron chi connectivity index (χ1n) is 35.6. The largest absolute Gasteiger partial charge is 0.456 e. The molecule has 24 aromatic rings. The van der Waals surface area contributed by atoms with Crippen LogP contribution in [0.2, 0.25) is 0 Å². The molecule has 8 nitrogen and oxygen atoms in total. The highest BCUT2D eigenvalue weighted by Gasteiger charge is 2.25. The van der Waals surface area contributed by atoms with E-state index in [0.29, 0.717) is 0 Å². The van der Waals surface area contributed by atoms with E-state index in [2.05, 4.69) is 361 Å². The Kier molecular flexibility index (Phi) is 15.4. The molecule has 0 saturated heterocycles. The maximum Gasteiger partial charge on any atom is 0.145 e. The van der Waals surface area contributed by atoms with Crippen molar-refractivity contribution in [2.45, 2.75) is 0 Å². The Hall–Kier alpha value is -12.2. The lowest BCUT2D eigenvalue weighted by Gasteiger charge is -2.09. The van der Waals surface area contributed by atoms with Crippen LogP contribution >= 0.6 is 63.7 Å². The van der Waals surface area contributed by atoms with Gasteiger partial charge in [0, 0.05) is 111 Å². The van der Waals surface area contributed by atoms with Crippen molar-refractivity contribution in [2.75, 3.05) is 0 Å². The number of hydrogen-bond donors (Lipinski definition) is 0. The number of para-hydroxylation sites is 10. The predicted octanol–water partition coefficient (Wildman–Crippen LogP) is 29.8. The molecular formula is C96H56Br4N4O4. The molecule has 0 radical (unpaired) electrons. The van der Waals surface area contributed by atoms with Gasteiger partial charge in [-0.15, -0.1) is 0 Å². The maximum absolute atomic E-state index is 6.34. The van der Waals surface area contributed by atoms with Crippen LogP contribution in [0.4, 0.5) is 0 Å². The number of fused-ring (bicyclic) bond motifs is 27. The molecule has 12 heteroatoms. The highest BCUT2D eigenvalue weighted by Crippen LogP contribution is 2.48. The Bertz CT molecular complexity index is 7730. The molecule has 0 aliphatic carbocycles. The van der Waals surface area contributed by atoms with Gasteiger partial charge in [-0.25, -0.2) is 0 Å². The van der Waals surface area contributed by atoms with E-state index >= 15 is 0 Å². The summed E-state index contributed by atoms with van der Waals surface area (Å²) in [5, 5.41) is 18.8. The zero-order chi connectivity index (χ0) is 71.8. The van der Waals surface area contributed by atoms with Gasteiger partial charge in [0.1, 0.15) is 44.7 Å². The minimum Gasteiger partial charge on any atom is -0.456 e. The number of nitrogens with zero attached hydrogens (tertiary/aromatic N) is 4. The van der Waals surface area contributed by atoms with Gasteiger partial charge in [-0.2, -0.15) is 0 Å². The average Bonchev–Trinajstić information content (AvgIpc) is 1.54. The summed E-state index contributed by atoms with van der Waals surface area (Å²) in [7, 11) is 0. The van der Waals surface area contributed by atoms with E-state index in [-0.39, 0.29) is 0 Å². The lowest BCUT2D eigenvalue weighted by atomic mass is 10.1. The molecule has 0 atom stereocenters. The Balaban J connectivity index is 0.0000000919. The second-order valence-corrected chi connectivity index (χ2v) is 30.4. The number of rotatable bonds is 4. The molecule has 0 unspecified atom stereocenters. The molecule has 0 N–H and O–H groups in total. The summed E-state index contributed by atoms with van der Waals surface area (Å²) < 4.78 is 38.6. The lowest BCUT2D eigenvalue weighted by Crippen LogP contribution is -1.94. The molecule has 16 aromatic carbocycles. The van der Waals surface area contributed by atoms with E-state index < -0.39 is 0 Å². The van der Waals surface area contributed by atoms with E-state index in [1.807, 2.05) is 60.7 Å². The van der Waals surface area contributed by atoms with Gasteiger partial charge in [0.05, 0.1) is 60.3 Å². The first-order chi connectivity index (χ1) is 53.3. The van der Waals surface area contributed by atoms with Crippen LogP contribution in [0, 0.1) is 0 Å². The van der Waals surface area contributed by atoms with Gasteiger partial charge in [0.25, 0.3) is 0 Å². The fraction of sp³-hybridized carbons (Fsp3) is 0. The molecule has 0 saturated carbocycles. The third-order valence-corrected chi connectivity index (χ3v) is 23.6. The first-order valence-corrected chi connectivity index (χ1v) is 38.8. The van der Waals surface area contributed by atoms with Crippen LogP contribution in [-0.2, 0) is 0 Å². The van der Waals surface area contributed by atoms with Gasteiger partial charge in [-0.3, -0.25) is 0 Å². The topological polar surface area (TPSA) is 72.3 Å². The molecule has 512 valence electrons. The summed E-state index contributed by atoms with van der Waals surface area (Å²) in [6.45, 7) is 0. The molecular weight excluding hydrogens is 1590 g/mol. The molecule has 0 spiro atoms. The van der Waals surface area contributed by atoms with Crippen molar-refractivity contribution in [1.29, 1.82) is 0 Å². The SMILES string of the molecule is Brc1cccc2c1c1c3oc4ccccc4c3ccc1n2-c1ccccc1.Brc1cccc2c1c1cc3oc4ccccc4c3cc1n2-c1ccccc1.Brc1cccc2c3c4oc5ccccc5c4ccc3n(-c3ccccc3)c12.Brc1cccc2c3ccc4oc5ccccc5c4c3n(-c3ccccc3)c12. The number of furan rings is 4. The minimum absolute atomic E-state index is 0.916. The van der Waals surface area contributed by atoms with Crippen molar-refractivity contribution in [1.82, 2.24) is 18.3 Å². The van der Waals surface area contributed by atoms with Crippen molar-refractivity contribution in [3.63, 3.8) is 0 Å². The quantitative estimate of drug-likeness (QED) is 0.176. The van der Waals surface area contributed by atoms with E-state index in [9.17, 15) is 0 Å². The molecule has 108 heavy (non-hydrogen) atoms. The van der Waals surface area contributed by atoms with Gasteiger partial charge >= 0.3 is 0 Å². The van der Waals surface area contributed by atoms with Crippen LogP contribution in [0.3, 0.4) is 0 Å². The van der Waals surface area contributed by atoms with Gasteiger partial charge in [-0.05, 0) is 190 Å². The smallest absolute Gasteiger partial charge is 0.145 e. The maximum atomic E-state index is 6.34. The molecule has 0 aliphatic heterocycles. The van der Waals surface area contributed by atoms with Crippen LogP contribution in [-0.4, -0.2) is 18.3 Å². The summed E-state index contributed by atoms with van der Waals surface area (Å²) in [6.07, 6.45) is 0. The zero-order valence-corrected chi connectivity index (χ0v) is 63.6. The van der Waals surface area contributed by atoms with Crippen LogP contribution in [0.15, 0.2) is 375 Å². The fourth-order valence-electron chi connectivity index (χ4n) is 16.5. The minimum atomic E-state index is 0.916. The highest BCUT2D eigenvalue weighted by atomic mass is 79.9. The van der Waals surface area contributed by atoms with Crippen molar-refractivity contribution in [2.24, 2.45) is 0 Å². The van der Waals surface area contributed by atoms with E-state index in [0.717, 1.165) is 156 Å². The van der Waals surface area contributed by atoms with Crippen molar-refractivity contribution < 1.29 is 17.7 Å². The summed E-state index contributed by atoms with van der Waals surface area (Å²) in [6, 6.07) is 118. The molecule has 0 bridgehead atoms. The standard InChI is InChI=1S/4C24H14BrNO/c25-19-10-6-11-20-24(19)18-14-23-17(16-9-4-5-12-22(16)27-23)13-21(18)26(20)15-7-2-1-3-8-15;25-19-11-6-10-16-17-13-14-21-22(18-9-4-5-12-20(18)27-21)24(17)26(23(16)19)15-7-2-1-3-8-15;25-19-11-6-10-18-22-20(26(23(18)19)15-7-2-1-3-8-15)14-13-17-16-9-4-5-12-21(16)27-24(17)22;25-18-10-6-11-19-22(18)23-20(26(19)15-7-2-1-3-8-15)14-13-17-16-9-4-5-12-21(16)27-24(17)23/h4*1-14H. The van der Waals surface area contributed by atoms with Crippen LogP contribution < -0.4 is 0 Å². The number of benzene rings is 16. The summed E-state index contributed by atoms with van der Waals surface area (Å²) in [4.78, 5) is 0. The predicted molar refractivity (Wildman–Crippen MR) is 463 cm³/mol. The third-order valence-electron chi connectivity index (χ3n) is 21.0. The third kappa shape index (κ3) is 10.1. The molecule has 8 heterocycles. The second-order valence-electron chi connectivity index (χ2n) is 27.0. The van der Waals surface area contributed by atoms with E-state index in [1.165, 1.54) is 59.9 Å². The fourth-order valence-corrected chi connectivity index (χ4v) is 18.7. The molecule has 0 amide bonds. The van der Waals surface area contributed by atoms with E-state index in [1.54, 1.807) is 0 Å². The Labute approximate surface area is 649 Å². The molecule has 0 fully saturated rings. The van der Waals surface area contributed by atoms with E-state index in [4.69, 9.17) is 17.7 Å². The monoisotopic (exact) mass is 1640 g/mol. The van der Waals surface area contributed by atoms with Crippen LogP contribution in [0.5, 0.6) is 0 Å². The van der Waals surface area contributed by atoms with Crippen LogP contribution in [0.1, 0.15) is 0 Å². The first kappa shape index (κ1) is 64.2. The van der Waals surface area contributed by atoms with Gasteiger partial charge in [0.15, 0.2) is 0 Å². The van der Waals surface area contributed by atoms with Gasteiger partial charge < -0.3 is 35.9 Å². The summed E-state index contributed by atoms with van der Waals surface area (Å²) >= 11 is 15.1. The van der Waals surface area contributed by atoms with Crippen molar-refractivity contribution in [3.8, 4) is 22.7 Å². The van der Waals surface area contributed by atoms with Gasteiger partial charge in [-0.1, -0.05) is 214 Å². The summed E-state index contributed by atoms with van der Waals surface area (Å²) in [5.41, 5.74) is 21.4. The van der Waals surface area contributed by atoms with Crippen molar-refractivity contribution in [3.05, 3.63) is 358 Å². The lowest BCUT2D eigenvalue weighted by molar-refractivity contribution is 0.669. The summed E-state index contributed by atoms with van der Waals surface area (Å²) in [5.74, 6) is 0. The number of aromatic nitrogens is 4. The zero-order valence-electron chi connectivity index (χ0n) is 57.3.